The van der Waals surface area contributed by atoms with Crippen LogP contribution in [0.1, 0.15) is 23.3 Å². The second kappa shape index (κ2) is 6.58. The molecular weight excluding hydrogens is 330 g/mol. The summed E-state index contributed by atoms with van der Waals surface area (Å²) >= 11 is 1.43. The van der Waals surface area contributed by atoms with E-state index in [2.05, 4.69) is 15.1 Å². The van der Waals surface area contributed by atoms with E-state index in [1.165, 1.54) is 17.7 Å². The number of thiazole rings is 1. The highest BCUT2D eigenvalue weighted by atomic mass is 32.1. The predicted molar refractivity (Wildman–Crippen MR) is 85.7 cm³/mol. The maximum absolute atomic E-state index is 12.6. The lowest BCUT2D eigenvalue weighted by Crippen LogP contribution is -2.47. The zero-order valence-corrected chi connectivity index (χ0v) is 14.0. The lowest BCUT2D eigenvalue weighted by molar-refractivity contribution is -0.0881. The van der Waals surface area contributed by atoms with Crippen molar-refractivity contribution in [3.63, 3.8) is 0 Å². The fourth-order valence-electron chi connectivity index (χ4n) is 3.34. The third-order valence-electron chi connectivity index (χ3n) is 4.48. The Balaban J connectivity index is 1.45. The smallest absolute Gasteiger partial charge is 0.273 e. The fraction of sp³-hybridized carbons (Fsp3) is 0.600. The third-order valence-corrected chi connectivity index (χ3v) is 5.07. The molecule has 2 aliphatic heterocycles. The van der Waals surface area contributed by atoms with Crippen molar-refractivity contribution >= 4 is 17.2 Å². The van der Waals surface area contributed by atoms with E-state index in [0.717, 1.165) is 12.8 Å². The minimum atomic E-state index is -0.437. The van der Waals surface area contributed by atoms with E-state index in [-0.39, 0.29) is 12.0 Å². The van der Waals surface area contributed by atoms with Crippen LogP contribution >= 0.6 is 11.3 Å². The summed E-state index contributed by atoms with van der Waals surface area (Å²) in [5.41, 5.74) is 1.74. The van der Waals surface area contributed by atoms with Crippen LogP contribution in [0.4, 0.5) is 0 Å². The van der Waals surface area contributed by atoms with Gasteiger partial charge in [0, 0.05) is 11.9 Å². The zero-order chi connectivity index (χ0) is 16.4. The SMILES string of the molecule is O=C(c1cscn1)N1CCOC[C@]2(CC[C@@H](Cn3cncn3)O2)C1. The van der Waals surface area contributed by atoms with Gasteiger partial charge in [-0.1, -0.05) is 0 Å². The zero-order valence-electron chi connectivity index (χ0n) is 13.2. The highest BCUT2D eigenvalue weighted by Gasteiger charge is 2.44. The van der Waals surface area contributed by atoms with Crippen molar-refractivity contribution in [1.82, 2.24) is 24.6 Å². The first kappa shape index (κ1) is 15.7. The second-order valence-electron chi connectivity index (χ2n) is 6.23. The molecule has 0 saturated carbocycles. The summed E-state index contributed by atoms with van der Waals surface area (Å²) in [5, 5.41) is 5.91. The Morgan fingerprint density at radius 2 is 2.46 bits per heavy atom. The van der Waals surface area contributed by atoms with Gasteiger partial charge in [-0.25, -0.2) is 9.97 Å². The van der Waals surface area contributed by atoms with Crippen LogP contribution in [0.3, 0.4) is 0 Å². The molecule has 0 unspecified atom stereocenters. The first-order valence-corrected chi connectivity index (χ1v) is 8.94. The van der Waals surface area contributed by atoms with Crippen molar-refractivity contribution in [1.29, 1.82) is 0 Å². The van der Waals surface area contributed by atoms with Gasteiger partial charge in [-0.2, -0.15) is 5.10 Å². The van der Waals surface area contributed by atoms with Crippen molar-refractivity contribution < 1.29 is 14.3 Å². The number of carbonyl (C=O) groups excluding carboxylic acids is 1. The normalized spacial score (nSPS) is 27.5. The Labute approximate surface area is 143 Å². The highest BCUT2D eigenvalue weighted by molar-refractivity contribution is 7.07. The molecule has 0 aliphatic carbocycles. The van der Waals surface area contributed by atoms with Gasteiger partial charge in [0.05, 0.1) is 37.9 Å². The van der Waals surface area contributed by atoms with Crippen LogP contribution in [0.5, 0.6) is 0 Å². The lowest BCUT2D eigenvalue weighted by atomic mass is 10.00. The minimum Gasteiger partial charge on any atom is -0.377 e. The van der Waals surface area contributed by atoms with Gasteiger partial charge in [-0.3, -0.25) is 9.48 Å². The Bertz CT molecular complexity index is 677. The van der Waals surface area contributed by atoms with Crippen molar-refractivity contribution in [2.45, 2.75) is 31.1 Å². The summed E-state index contributed by atoms with van der Waals surface area (Å²) in [6, 6.07) is 0. The van der Waals surface area contributed by atoms with Crippen molar-refractivity contribution in [2.24, 2.45) is 0 Å². The quantitative estimate of drug-likeness (QED) is 0.816. The molecule has 2 aromatic rings. The molecule has 2 aromatic heterocycles. The summed E-state index contributed by atoms with van der Waals surface area (Å²) in [5.74, 6) is -0.0514. The van der Waals surface area contributed by atoms with E-state index >= 15 is 0 Å². The number of hydrogen-bond donors (Lipinski definition) is 0. The molecular formula is C15H19N5O3S. The minimum absolute atomic E-state index is 0.0514. The molecule has 2 aliphatic rings. The van der Waals surface area contributed by atoms with Gasteiger partial charge in [0.1, 0.15) is 23.9 Å². The molecule has 4 heterocycles. The average Bonchev–Trinajstić information content (AvgIpc) is 3.30. The molecule has 0 aromatic carbocycles. The molecule has 4 rings (SSSR count). The molecule has 1 amide bonds. The summed E-state index contributed by atoms with van der Waals surface area (Å²) in [7, 11) is 0. The van der Waals surface area contributed by atoms with E-state index in [1.807, 2.05) is 0 Å². The number of rotatable bonds is 3. The first-order valence-electron chi connectivity index (χ1n) is 8.00. The molecule has 0 radical (unpaired) electrons. The van der Waals surface area contributed by atoms with Crippen LogP contribution in [0.15, 0.2) is 23.5 Å². The van der Waals surface area contributed by atoms with Gasteiger partial charge in [-0.05, 0) is 12.8 Å². The van der Waals surface area contributed by atoms with Crippen LogP contribution < -0.4 is 0 Å². The van der Waals surface area contributed by atoms with Crippen LogP contribution in [0, 0.1) is 0 Å². The second-order valence-corrected chi connectivity index (χ2v) is 6.95. The van der Waals surface area contributed by atoms with Gasteiger partial charge in [0.15, 0.2) is 0 Å². The summed E-state index contributed by atoms with van der Waals surface area (Å²) in [4.78, 5) is 22.5. The van der Waals surface area contributed by atoms with Gasteiger partial charge in [-0.15, -0.1) is 11.3 Å². The standard InChI is InChI=1S/C15H19N5O3S/c21-14(13-6-24-11-17-13)19-3-4-22-8-15(7-19)2-1-12(23-15)5-20-10-16-9-18-20/h6,9-12H,1-5,7-8H2/t12-,15-/m0/s1. The van der Waals surface area contributed by atoms with Gasteiger partial charge in [0.25, 0.3) is 5.91 Å². The van der Waals surface area contributed by atoms with Crippen molar-refractivity contribution in [3.8, 4) is 0 Å². The largest absolute Gasteiger partial charge is 0.377 e. The van der Waals surface area contributed by atoms with Crippen LogP contribution in [-0.4, -0.2) is 68.6 Å². The van der Waals surface area contributed by atoms with E-state index < -0.39 is 5.60 Å². The van der Waals surface area contributed by atoms with Gasteiger partial charge >= 0.3 is 0 Å². The maximum atomic E-state index is 12.6. The Morgan fingerprint density at radius 1 is 1.50 bits per heavy atom. The van der Waals surface area contributed by atoms with E-state index in [4.69, 9.17) is 9.47 Å². The number of nitrogens with zero attached hydrogens (tertiary/aromatic N) is 5. The molecule has 24 heavy (non-hydrogen) atoms. The van der Waals surface area contributed by atoms with E-state index in [1.54, 1.807) is 26.8 Å². The lowest BCUT2D eigenvalue weighted by Gasteiger charge is -2.31. The van der Waals surface area contributed by atoms with Gasteiger partial charge < -0.3 is 14.4 Å². The molecule has 8 nitrogen and oxygen atoms in total. The predicted octanol–water partition coefficient (Wildman–Crippen LogP) is 0.825. The molecule has 2 fully saturated rings. The van der Waals surface area contributed by atoms with Crippen LogP contribution in [0.2, 0.25) is 0 Å². The molecule has 0 N–H and O–H groups in total. The summed E-state index contributed by atoms with van der Waals surface area (Å²) in [6.07, 6.45) is 5.06. The molecule has 128 valence electrons. The Morgan fingerprint density at radius 3 is 3.25 bits per heavy atom. The monoisotopic (exact) mass is 349 g/mol. The number of aromatic nitrogens is 4. The topological polar surface area (TPSA) is 82.4 Å². The Kier molecular flexibility index (Phi) is 4.30. The van der Waals surface area contributed by atoms with E-state index in [0.29, 0.717) is 38.5 Å². The number of amides is 1. The molecule has 9 heteroatoms. The van der Waals surface area contributed by atoms with E-state index in [9.17, 15) is 4.79 Å². The summed E-state index contributed by atoms with van der Waals surface area (Å²) < 4.78 is 13.8. The molecule has 2 saturated heterocycles. The Hall–Kier alpha value is -1.84. The molecule has 0 bridgehead atoms. The third kappa shape index (κ3) is 3.19. The number of carbonyl (C=O) groups is 1. The van der Waals surface area contributed by atoms with Crippen molar-refractivity contribution in [2.75, 3.05) is 26.3 Å². The number of hydrogen-bond acceptors (Lipinski definition) is 7. The van der Waals surface area contributed by atoms with Gasteiger partial charge in [0.2, 0.25) is 0 Å². The van der Waals surface area contributed by atoms with Crippen LogP contribution in [-0.2, 0) is 16.0 Å². The first-order chi connectivity index (χ1) is 11.7. The maximum Gasteiger partial charge on any atom is 0.273 e. The van der Waals surface area contributed by atoms with Crippen molar-refractivity contribution in [3.05, 3.63) is 29.2 Å². The highest BCUT2D eigenvalue weighted by Crippen LogP contribution is 2.34. The number of ether oxygens (including phenoxy) is 2. The summed E-state index contributed by atoms with van der Waals surface area (Å²) in [6.45, 7) is 2.81. The fourth-order valence-corrected chi connectivity index (χ4v) is 3.87. The average molecular weight is 349 g/mol. The molecule has 1 spiro atoms. The van der Waals surface area contributed by atoms with Crippen LogP contribution in [0.25, 0.3) is 0 Å². The molecule has 2 atom stereocenters.